The first-order valence-electron chi connectivity index (χ1n) is 8.59. The number of rotatable bonds is 5. The molecule has 27 heavy (non-hydrogen) atoms. The fourth-order valence-corrected chi connectivity index (χ4v) is 6.32. The van der Waals surface area contributed by atoms with Gasteiger partial charge in [-0.25, -0.2) is 12.8 Å². The van der Waals surface area contributed by atoms with E-state index in [0.717, 1.165) is 11.3 Å². The van der Waals surface area contributed by atoms with E-state index in [9.17, 15) is 17.6 Å². The van der Waals surface area contributed by atoms with Crippen LogP contribution in [0.15, 0.2) is 40.6 Å². The summed E-state index contributed by atoms with van der Waals surface area (Å²) in [4.78, 5) is 12.4. The number of amides is 1. The van der Waals surface area contributed by atoms with Crippen LogP contribution in [0.4, 0.5) is 10.1 Å². The molecule has 1 aromatic carbocycles. The molecule has 1 amide bonds. The van der Waals surface area contributed by atoms with E-state index in [2.05, 4.69) is 5.32 Å². The third-order valence-corrected chi connectivity index (χ3v) is 8.45. The van der Waals surface area contributed by atoms with E-state index < -0.39 is 15.8 Å². The molecular formula is C18H20ClFN2O3S2. The van der Waals surface area contributed by atoms with E-state index in [1.807, 2.05) is 6.92 Å². The largest absolute Gasteiger partial charge is 0.326 e. The Balaban J connectivity index is 1.59. The van der Waals surface area contributed by atoms with Gasteiger partial charge in [-0.3, -0.25) is 4.79 Å². The monoisotopic (exact) mass is 430 g/mol. The summed E-state index contributed by atoms with van der Waals surface area (Å²) in [5, 5.41) is 2.73. The lowest BCUT2D eigenvalue weighted by molar-refractivity contribution is -0.121. The highest BCUT2D eigenvalue weighted by atomic mass is 35.5. The molecule has 9 heteroatoms. The van der Waals surface area contributed by atoms with E-state index in [4.69, 9.17) is 11.6 Å². The van der Waals surface area contributed by atoms with Crippen LogP contribution in [0.25, 0.3) is 0 Å². The Kier molecular flexibility index (Phi) is 6.20. The van der Waals surface area contributed by atoms with E-state index in [1.165, 1.54) is 28.6 Å². The highest BCUT2D eigenvalue weighted by molar-refractivity contribution is 7.91. The summed E-state index contributed by atoms with van der Waals surface area (Å²) in [5.41, 5.74) is 0.418. The van der Waals surface area contributed by atoms with Crippen LogP contribution in [0.1, 0.15) is 19.8 Å². The molecule has 3 rings (SSSR count). The van der Waals surface area contributed by atoms with Crippen LogP contribution < -0.4 is 5.32 Å². The van der Waals surface area contributed by atoms with Crippen LogP contribution in [-0.2, 0) is 14.8 Å². The van der Waals surface area contributed by atoms with Crippen LogP contribution in [0.5, 0.6) is 0 Å². The number of carbonyl (C=O) groups is 1. The van der Waals surface area contributed by atoms with Gasteiger partial charge in [0.25, 0.3) is 10.0 Å². The summed E-state index contributed by atoms with van der Waals surface area (Å²) >= 11 is 6.89. The normalized spacial score (nSPS) is 17.6. The molecule has 2 heterocycles. The maximum absolute atomic E-state index is 13.2. The fourth-order valence-electron chi connectivity index (χ4n) is 3.22. The lowest BCUT2D eigenvalue weighted by Crippen LogP contribution is -2.41. The maximum Gasteiger partial charge on any atom is 0.252 e. The molecule has 1 N–H and O–H groups in total. The standard InChI is InChI=1S/C18H20ClFN2O3S2/c1-12(18(23)21-15-4-2-3-14(20)11-15)13-7-9-22(10-8-13)27(24,25)17-6-5-16(19)26-17/h2-6,11-13H,7-10H2,1H3,(H,21,23)/t12-/m1/s1. The second kappa shape index (κ2) is 8.26. The number of halogens is 2. The van der Waals surface area contributed by atoms with Crippen molar-refractivity contribution in [1.29, 1.82) is 0 Å². The molecule has 0 unspecified atom stereocenters. The molecule has 0 spiro atoms. The minimum atomic E-state index is -3.54. The first-order valence-corrected chi connectivity index (χ1v) is 11.2. The molecule has 1 saturated heterocycles. The summed E-state index contributed by atoms with van der Waals surface area (Å²) in [6, 6.07) is 8.85. The number of benzene rings is 1. The van der Waals surface area contributed by atoms with Crippen molar-refractivity contribution in [2.24, 2.45) is 11.8 Å². The lowest BCUT2D eigenvalue weighted by Gasteiger charge is -2.33. The van der Waals surface area contributed by atoms with Crippen molar-refractivity contribution >= 4 is 44.6 Å². The van der Waals surface area contributed by atoms with Crippen molar-refractivity contribution in [2.75, 3.05) is 18.4 Å². The summed E-state index contributed by atoms with van der Waals surface area (Å²) in [6.45, 7) is 2.54. The Hall–Kier alpha value is -1.48. The van der Waals surface area contributed by atoms with Gasteiger partial charge in [-0.05, 0) is 49.1 Å². The van der Waals surface area contributed by atoms with Gasteiger partial charge in [-0.1, -0.05) is 24.6 Å². The van der Waals surface area contributed by atoms with Gasteiger partial charge >= 0.3 is 0 Å². The smallest absolute Gasteiger partial charge is 0.252 e. The number of nitrogens with zero attached hydrogens (tertiary/aromatic N) is 1. The second-order valence-electron chi connectivity index (χ2n) is 6.59. The Morgan fingerprint density at radius 2 is 2.00 bits per heavy atom. The van der Waals surface area contributed by atoms with Gasteiger partial charge in [0.05, 0.1) is 4.34 Å². The van der Waals surface area contributed by atoms with Gasteiger partial charge in [0.2, 0.25) is 5.91 Å². The minimum absolute atomic E-state index is 0.0666. The Morgan fingerprint density at radius 3 is 2.59 bits per heavy atom. The van der Waals surface area contributed by atoms with Crippen molar-refractivity contribution in [2.45, 2.75) is 24.0 Å². The van der Waals surface area contributed by atoms with E-state index in [-0.39, 0.29) is 22.0 Å². The zero-order chi connectivity index (χ0) is 19.6. The summed E-state index contributed by atoms with van der Waals surface area (Å²) < 4.78 is 40.7. The molecule has 1 atom stereocenters. The first kappa shape index (κ1) is 20.3. The number of thiophene rings is 1. The van der Waals surface area contributed by atoms with Crippen molar-refractivity contribution in [3.05, 3.63) is 46.6 Å². The van der Waals surface area contributed by atoms with Crippen LogP contribution in [-0.4, -0.2) is 31.7 Å². The highest BCUT2D eigenvalue weighted by Gasteiger charge is 2.34. The van der Waals surface area contributed by atoms with Gasteiger partial charge in [-0.2, -0.15) is 4.31 Å². The maximum atomic E-state index is 13.2. The first-order chi connectivity index (χ1) is 12.8. The third kappa shape index (κ3) is 4.68. The molecule has 1 aliphatic rings. The molecular weight excluding hydrogens is 411 g/mol. The number of nitrogens with one attached hydrogen (secondary N) is 1. The zero-order valence-corrected chi connectivity index (χ0v) is 17.1. The van der Waals surface area contributed by atoms with E-state index in [1.54, 1.807) is 12.1 Å². The van der Waals surface area contributed by atoms with Crippen LogP contribution >= 0.6 is 22.9 Å². The molecule has 1 fully saturated rings. The molecule has 1 aromatic heterocycles. The Bertz CT molecular complexity index is 924. The lowest BCUT2D eigenvalue weighted by atomic mass is 9.85. The molecule has 2 aromatic rings. The zero-order valence-electron chi connectivity index (χ0n) is 14.7. The molecule has 146 valence electrons. The predicted octanol–water partition coefficient (Wildman–Crippen LogP) is 4.22. The SMILES string of the molecule is C[C@@H](C(=O)Nc1cccc(F)c1)C1CCN(S(=O)(=O)c2ccc(Cl)s2)CC1. The van der Waals surface area contributed by atoms with Crippen LogP contribution in [0.2, 0.25) is 4.34 Å². The topological polar surface area (TPSA) is 66.5 Å². The van der Waals surface area contributed by atoms with Crippen LogP contribution in [0.3, 0.4) is 0 Å². The van der Waals surface area contributed by atoms with Crippen molar-refractivity contribution in [1.82, 2.24) is 4.31 Å². The second-order valence-corrected chi connectivity index (χ2v) is 10.5. The van der Waals surface area contributed by atoms with Gasteiger partial charge in [0, 0.05) is 24.7 Å². The number of hydrogen-bond donors (Lipinski definition) is 1. The van der Waals surface area contributed by atoms with E-state index >= 15 is 0 Å². The van der Waals surface area contributed by atoms with Gasteiger partial charge in [-0.15, -0.1) is 11.3 Å². The fraction of sp³-hybridized carbons (Fsp3) is 0.389. The summed E-state index contributed by atoms with van der Waals surface area (Å²) in [5.74, 6) is -0.828. The van der Waals surface area contributed by atoms with Crippen molar-refractivity contribution in [3.8, 4) is 0 Å². The summed E-state index contributed by atoms with van der Waals surface area (Å²) in [6.07, 6.45) is 1.19. The Morgan fingerprint density at radius 1 is 1.30 bits per heavy atom. The van der Waals surface area contributed by atoms with Crippen molar-refractivity contribution < 1.29 is 17.6 Å². The van der Waals surface area contributed by atoms with Crippen molar-refractivity contribution in [3.63, 3.8) is 0 Å². The number of anilines is 1. The van der Waals surface area contributed by atoms with Crippen LogP contribution in [0, 0.1) is 17.7 Å². The van der Waals surface area contributed by atoms with Gasteiger partial charge < -0.3 is 5.32 Å². The number of carbonyl (C=O) groups excluding carboxylic acids is 1. The molecule has 5 nitrogen and oxygen atoms in total. The quantitative estimate of drug-likeness (QED) is 0.772. The number of hydrogen-bond acceptors (Lipinski definition) is 4. The number of sulfonamides is 1. The molecule has 0 aliphatic carbocycles. The number of piperidine rings is 1. The Labute approximate surface area is 167 Å². The predicted molar refractivity (Wildman–Crippen MR) is 105 cm³/mol. The van der Waals surface area contributed by atoms with Gasteiger partial charge in [0.1, 0.15) is 10.0 Å². The molecule has 0 bridgehead atoms. The highest BCUT2D eigenvalue weighted by Crippen LogP contribution is 2.32. The third-order valence-electron chi connectivity index (χ3n) is 4.85. The molecule has 1 aliphatic heterocycles. The minimum Gasteiger partial charge on any atom is -0.326 e. The average molecular weight is 431 g/mol. The average Bonchev–Trinajstić information content (AvgIpc) is 3.08. The van der Waals surface area contributed by atoms with Gasteiger partial charge in [0.15, 0.2) is 0 Å². The molecule has 0 saturated carbocycles. The summed E-state index contributed by atoms with van der Waals surface area (Å²) in [7, 11) is -3.54. The molecule has 0 radical (unpaired) electrons. The van der Waals surface area contributed by atoms with E-state index in [0.29, 0.717) is 36.0 Å².